The van der Waals surface area contributed by atoms with E-state index in [9.17, 15) is 5.11 Å². The number of H-pyrrole nitrogens is 1. The molecule has 2 N–H and O–H groups in total. The summed E-state index contributed by atoms with van der Waals surface area (Å²) in [7, 11) is 0. The molecule has 1 unspecified atom stereocenters. The summed E-state index contributed by atoms with van der Waals surface area (Å²) in [5.74, 6) is 0.935. The number of anilines is 1. The van der Waals surface area contributed by atoms with Crippen LogP contribution in [0, 0.1) is 5.92 Å². The van der Waals surface area contributed by atoms with Crippen LogP contribution in [-0.2, 0) is 0 Å². The van der Waals surface area contributed by atoms with Gasteiger partial charge in [-0.2, -0.15) is 0 Å². The molecule has 1 aliphatic rings. The van der Waals surface area contributed by atoms with E-state index in [0.717, 1.165) is 36.1 Å². The van der Waals surface area contributed by atoms with E-state index in [0.29, 0.717) is 5.82 Å². The van der Waals surface area contributed by atoms with Crippen LogP contribution in [0.1, 0.15) is 24.8 Å². The quantitative estimate of drug-likeness (QED) is 0.903. The van der Waals surface area contributed by atoms with Gasteiger partial charge in [-0.1, -0.05) is 0 Å². The van der Waals surface area contributed by atoms with Gasteiger partial charge in [0.1, 0.15) is 11.9 Å². The molecule has 6 heteroatoms. The zero-order chi connectivity index (χ0) is 13.9. The molecule has 2 aromatic rings. The Hall–Kier alpha value is -1.40. The molecule has 0 saturated carbocycles. The van der Waals surface area contributed by atoms with Gasteiger partial charge in [-0.05, 0) is 40.8 Å². The van der Waals surface area contributed by atoms with E-state index >= 15 is 0 Å². The second-order valence-electron chi connectivity index (χ2n) is 5.11. The normalized spacial score (nSPS) is 18.2. The fraction of sp³-hybridized carbons (Fsp3) is 0.429. The Balaban J connectivity index is 1.62. The molecule has 1 atom stereocenters. The van der Waals surface area contributed by atoms with Crippen molar-refractivity contribution in [2.45, 2.75) is 18.9 Å². The third kappa shape index (κ3) is 2.86. The lowest BCUT2D eigenvalue weighted by Gasteiger charge is -2.35. The van der Waals surface area contributed by atoms with Crippen LogP contribution in [0.25, 0.3) is 0 Å². The first-order valence-corrected chi connectivity index (χ1v) is 7.56. The molecular weight excluding hydrogens is 320 g/mol. The number of nitrogens with zero attached hydrogens (tertiary/aromatic N) is 3. The van der Waals surface area contributed by atoms with Crippen molar-refractivity contribution >= 4 is 21.6 Å². The van der Waals surface area contributed by atoms with Crippen molar-refractivity contribution in [1.29, 1.82) is 0 Å². The van der Waals surface area contributed by atoms with Gasteiger partial charge in [0.2, 0.25) is 0 Å². The number of nitrogens with one attached hydrogen (secondary N) is 1. The monoisotopic (exact) mass is 336 g/mol. The van der Waals surface area contributed by atoms with Crippen molar-refractivity contribution in [3.63, 3.8) is 0 Å². The molecule has 2 aromatic heterocycles. The molecular formula is C14H17BrN4O. The highest BCUT2D eigenvalue weighted by molar-refractivity contribution is 9.10. The lowest BCUT2D eigenvalue weighted by molar-refractivity contribution is 0.0857. The van der Waals surface area contributed by atoms with Crippen molar-refractivity contribution in [1.82, 2.24) is 15.0 Å². The van der Waals surface area contributed by atoms with Gasteiger partial charge >= 0.3 is 0 Å². The fourth-order valence-corrected chi connectivity index (χ4v) is 3.06. The summed E-state index contributed by atoms with van der Waals surface area (Å²) < 4.78 is 0.993. The second-order valence-corrected chi connectivity index (χ2v) is 6.02. The first-order valence-electron chi connectivity index (χ1n) is 6.77. The second kappa shape index (κ2) is 5.93. The first kappa shape index (κ1) is 13.6. The van der Waals surface area contributed by atoms with Crippen LogP contribution >= 0.6 is 15.9 Å². The SMILES string of the molecule is OC(c1ncc[nH]1)C1CCN(c2cncc(Br)c2)CC1. The Morgan fingerprint density at radius 3 is 2.80 bits per heavy atom. The van der Waals surface area contributed by atoms with Gasteiger partial charge in [0, 0.05) is 36.2 Å². The topological polar surface area (TPSA) is 65.0 Å². The van der Waals surface area contributed by atoms with Crippen LogP contribution in [0.5, 0.6) is 0 Å². The number of aromatic amines is 1. The number of aliphatic hydroxyl groups excluding tert-OH is 1. The summed E-state index contributed by atoms with van der Waals surface area (Å²) >= 11 is 3.45. The van der Waals surface area contributed by atoms with Crippen molar-refractivity contribution < 1.29 is 5.11 Å². The molecule has 0 aliphatic carbocycles. The smallest absolute Gasteiger partial charge is 0.135 e. The number of rotatable bonds is 3. The van der Waals surface area contributed by atoms with Gasteiger partial charge in [0.05, 0.1) is 11.9 Å². The van der Waals surface area contributed by atoms with Gasteiger partial charge in [-0.25, -0.2) is 4.98 Å². The molecule has 3 heterocycles. The molecule has 0 bridgehead atoms. The highest BCUT2D eigenvalue weighted by Gasteiger charge is 2.27. The van der Waals surface area contributed by atoms with Crippen LogP contribution < -0.4 is 4.90 Å². The predicted octanol–water partition coefficient (Wildman–Crippen LogP) is 2.52. The summed E-state index contributed by atoms with van der Waals surface area (Å²) in [4.78, 5) is 13.6. The van der Waals surface area contributed by atoms with E-state index in [1.54, 1.807) is 18.6 Å². The number of aliphatic hydroxyl groups is 1. The van der Waals surface area contributed by atoms with Crippen molar-refractivity contribution in [2.24, 2.45) is 5.92 Å². The highest BCUT2D eigenvalue weighted by Crippen LogP contribution is 2.31. The summed E-state index contributed by atoms with van der Waals surface area (Å²) in [6.45, 7) is 1.86. The summed E-state index contributed by atoms with van der Waals surface area (Å²) in [6.07, 6.45) is 8.52. The van der Waals surface area contributed by atoms with Crippen LogP contribution in [0.15, 0.2) is 35.3 Å². The van der Waals surface area contributed by atoms with Crippen LogP contribution in [0.3, 0.4) is 0 Å². The maximum Gasteiger partial charge on any atom is 0.135 e. The van der Waals surface area contributed by atoms with Crippen molar-refractivity contribution in [3.05, 3.63) is 41.2 Å². The van der Waals surface area contributed by atoms with Crippen LogP contribution in [-0.4, -0.2) is 33.1 Å². The van der Waals surface area contributed by atoms with Crippen molar-refractivity contribution in [2.75, 3.05) is 18.0 Å². The molecule has 20 heavy (non-hydrogen) atoms. The van der Waals surface area contributed by atoms with Crippen LogP contribution in [0.4, 0.5) is 5.69 Å². The van der Waals surface area contributed by atoms with E-state index in [4.69, 9.17) is 0 Å². The molecule has 106 valence electrons. The molecule has 0 spiro atoms. The third-order valence-electron chi connectivity index (χ3n) is 3.84. The minimum Gasteiger partial charge on any atom is -0.385 e. The number of halogens is 1. The first-order chi connectivity index (χ1) is 9.74. The Morgan fingerprint density at radius 1 is 1.35 bits per heavy atom. The standard InChI is InChI=1S/C14H17BrN4O/c15-11-7-12(9-16-8-11)19-5-1-10(2-6-19)13(20)14-17-3-4-18-14/h3-4,7-10,13,20H,1-2,5-6H2,(H,17,18). The number of hydrogen-bond donors (Lipinski definition) is 2. The minimum atomic E-state index is -0.493. The van der Waals surface area contributed by atoms with Crippen LogP contribution in [0.2, 0.25) is 0 Å². The zero-order valence-corrected chi connectivity index (χ0v) is 12.6. The summed E-state index contributed by atoms with van der Waals surface area (Å²) in [5.41, 5.74) is 1.13. The maximum absolute atomic E-state index is 10.3. The van der Waals surface area contributed by atoms with E-state index in [2.05, 4.69) is 41.8 Å². The average molecular weight is 337 g/mol. The van der Waals surface area contributed by atoms with Gasteiger partial charge < -0.3 is 15.0 Å². The third-order valence-corrected chi connectivity index (χ3v) is 4.27. The number of piperidine rings is 1. The van der Waals surface area contributed by atoms with E-state index in [-0.39, 0.29) is 5.92 Å². The zero-order valence-electron chi connectivity index (χ0n) is 11.0. The number of hydrogen-bond acceptors (Lipinski definition) is 4. The van der Waals surface area contributed by atoms with Gasteiger partial charge in [0.15, 0.2) is 0 Å². The van der Waals surface area contributed by atoms with Gasteiger partial charge in [0.25, 0.3) is 0 Å². The molecule has 3 rings (SSSR count). The number of aromatic nitrogens is 3. The summed E-state index contributed by atoms with van der Waals surface area (Å²) in [6, 6.07) is 2.08. The number of pyridine rings is 1. The molecule has 5 nitrogen and oxygen atoms in total. The largest absolute Gasteiger partial charge is 0.385 e. The van der Waals surface area contributed by atoms with E-state index in [1.807, 2.05) is 6.20 Å². The lowest BCUT2D eigenvalue weighted by Crippen LogP contribution is -2.35. The Labute approximate surface area is 126 Å². The van der Waals surface area contributed by atoms with E-state index < -0.39 is 6.10 Å². The molecule has 1 fully saturated rings. The number of imidazole rings is 1. The molecule has 0 amide bonds. The minimum absolute atomic E-state index is 0.262. The molecule has 0 radical (unpaired) electrons. The predicted molar refractivity (Wildman–Crippen MR) is 80.4 cm³/mol. The molecule has 0 aromatic carbocycles. The molecule has 1 saturated heterocycles. The van der Waals surface area contributed by atoms with Gasteiger partial charge in [-0.3, -0.25) is 4.98 Å². The van der Waals surface area contributed by atoms with Gasteiger partial charge in [-0.15, -0.1) is 0 Å². The average Bonchev–Trinajstić information content (AvgIpc) is 3.01. The lowest BCUT2D eigenvalue weighted by atomic mass is 9.90. The molecule has 1 aliphatic heterocycles. The van der Waals surface area contributed by atoms with E-state index in [1.165, 1.54) is 0 Å². The Bertz CT molecular complexity index is 552. The summed E-state index contributed by atoms with van der Waals surface area (Å²) in [5, 5.41) is 10.3. The maximum atomic E-state index is 10.3. The Kier molecular flexibility index (Phi) is 4.03. The highest BCUT2D eigenvalue weighted by atomic mass is 79.9. The Morgan fingerprint density at radius 2 is 2.15 bits per heavy atom. The fourth-order valence-electron chi connectivity index (χ4n) is 2.71. The van der Waals surface area contributed by atoms with Crippen molar-refractivity contribution in [3.8, 4) is 0 Å².